The van der Waals surface area contributed by atoms with Gasteiger partial charge in [-0.05, 0) is 44.1 Å². The second-order valence-electron chi connectivity index (χ2n) is 9.44. The molecule has 0 bridgehead atoms. The quantitative estimate of drug-likeness (QED) is 0.710. The lowest BCUT2D eigenvalue weighted by Gasteiger charge is -2.41. The number of benzene rings is 1. The van der Waals surface area contributed by atoms with Crippen LogP contribution < -0.4 is 5.32 Å². The van der Waals surface area contributed by atoms with Crippen LogP contribution in [0.4, 0.5) is 0 Å². The van der Waals surface area contributed by atoms with E-state index in [2.05, 4.69) is 41.4 Å². The number of aryl methyl sites for hydroxylation is 1. The first kappa shape index (κ1) is 22.8. The number of nitrogens with zero attached hydrogens (tertiary/aromatic N) is 2. The van der Waals surface area contributed by atoms with E-state index < -0.39 is 0 Å². The molecule has 2 fully saturated rings. The molecule has 0 spiro atoms. The summed E-state index contributed by atoms with van der Waals surface area (Å²) in [5.41, 5.74) is 1.32. The summed E-state index contributed by atoms with van der Waals surface area (Å²) < 4.78 is 0. The Balaban J connectivity index is 1.56. The first-order chi connectivity index (χ1) is 14.5. The average Bonchev–Trinajstić information content (AvgIpc) is 3.27. The first-order valence-corrected chi connectivity index (χ1v) is 11.8. The summed E-state index contributed by atoms with van der Waals surface area (Å²) >= 11 is 0. The van der Waals surface area contributed by atoms with Gasteiger partial charge in [-0.25, -0.2) is 0 Å². The Morgan fingerprint density at radius 2 is 1.63 bits per heavy atom. The van der Waals surface area contributed by atoms with E-state index in [4.69, 9.17) is 0 Å². The van der Waals surface area contributed by atoms with Crippen LogP contribution in [0.25, 0.3) is 0 Å². The van der Waals surface area contributed by atoms with Gasteiger partial charge >= 0.3 is 0 Å². The molecule has 2 atom stereocenters. The van der Waals surface area contributed by atoms with Gasteiger partial charge in [0.1, 0.15) is 0 Å². The molecule has 1 N–H and O–H groups in total. The molecule has 0 radical (unpaired) electrons. The molecule has 0 aromatic heterocycles. The SMILES string of the molecule is CC(CCc1ccccc1)NC(=O)C(C1CCCC1)N1CCN(C(=O)C(C)C)CC1. The highest BCUT2D eigenvalue weighted by molar-refractivity contribution is 5.82. The number of hydrogen-bond acceptors (Lipinski definition) is 3. The van der Waals surface area contributed by atoms with Gasteiger partial charge in [0.15, 0.2) is 0 Å². The van der Waals surface area contributed by atoms with Crippen molar-refractivity contribution in [3.8, 4) is 0 Å². The topological polar surface area (TPSA) is 52.7 Å². The monoisotopic (exact) mass is 413 g/mol. The van der Waals surface area contributed by atoms with E-state index in [0.717, 1.165) is 51.9 Å². The minimum atomic E-state index is -0.0528. The third kappa shape index (κ3) is 6.07. The highest BCUT2D eigenvalue weighted by Crippen LogP contribution is 2.31. The summed E-state index contributed by atoms with van der Waals surface area (Å²) in [6.07, 6.45) is 6.66. The van der Waals surface area contributed by atoms with Crippen molar-refractivity contribution in [2.45, 2.75) is 71.4 Å². The van der Waals surface area contributed by atoms with Crippen molar-refractivity contribution in [1.82, 2.24) is 15.1 Å². The van der Waals surface area contributed by atoms with Crippen LogP contribution in [-0.2, 0) is 16.0 Å². The Labute approximate surface area is 182 Å². The molecular formula is C25H39N3O2. The molecule has 1 saturated carbocycles. The number of piperazine rings is 1. The number of carbonyl (C=O) groups excluding carboxylic acids is 2. The smallest absolute Gasteiger partial charge is 0.237 e. The molecule has 3 rings (SSSR count). The molecule has 1 heterocycles. The van der Waals surface area contributed by atoms with Gasteiger partial charge in [0.25, 0.3) is 0 Å². The van der Waals surface area contributed by atoms with Gasteiger partial charge < -0.3 is 10.2 Å². The third-order valence-electron chi connectivity index (χ3n) is 6.73. The van der Waals surface area contributed by atoms with Crippen LogP contribution in [0.3, 0.4) is 0 Å². The Bertz CT molecular complexity index is 677. The molecule has 2 unspecified atom stereocenters. The summed E-state index contributed by atoms with van der Waals surface area (Å²) in [4.78, 5) is 30.0. The van der Waals surface area contributed by atoms with Gasteiger partial charge in [0.2, 0.25) is 11.8 Å². The lowest BCUT2D eigenvalue weighted by atomic mass is 9.94. The van der Waals surface area contributed by atoms with Crippen molar-refractivity contribution < 1.29 is 9.59 Å². The van der Waals surface area contributed by atoms with Crippen molar-refractivity contribution in [3.63, 3.8) is 0 Å². The van der Waals surface area contributed by atoms with E-state index in [-0.39, 0.29) is 29.8 Å². The van der Waals surface area contributed by atoms with Crippen molar-refractivity contribution in [2.75, 3.05) is 26.2 Å². The maximum absolute atomic E-state index is 13.3. The fraction of sp³-hybridized carbons (Fsp3) is 0.680. The average molecular weight is 414 g/mol. The van der Waals surface area contributed by atoms with Crippen molar-refractivity contribution >= 4 is 11.8 Å². The summed E-state index contributed by atoms with van der Waals surface area (Å²) in [5, 5.41) is 3.32. The predicted molar refractivity (Wildman–Crippen MR) is 121 cm³/mol. The zero-order chi connectivity index (χ0) is 21.5. The highest BCUT2D eigenvalue weighted by Gasteiger charge is 2.37. The lowest BCUT2D eigenvalue weighted by molar-refractivity contribution is -0.138. The minimum Gasteiger partial charge on any atom is -0.352 e. The Kier molecular flexibility index (Phi) is 8.32. The van der Waals surface area contributed by atoms with Crippen LogP contribution >= 0.6 is 0 Å². The minimum absolute atomic E-state index is 0.0379. The van der Waals surface area contributed by atoms with Gasteiger partial charge in [-0.15, -0.1) is 0 Å². The first-order valence-electron chi connectivity index (χ1n) is 11.8. The number of carbonyl (C=O) groups is 2. The largest absolute Gasteiger partial charge is 0.352 e. The van der Waals surface area contributed by atoms with Crippen LogP contribution in [0.15, 0.2) is 30.3 Å². The maximum atomic E-state index is 13.3. The maximum Gasteiger partial charge on any atom is 0.237 e. The second-order valence-corrected chi connectivity index (χ2v) is 9.44. The zero-order valence-corrected chi connectivity index (χ0v) is 19.0. The number of hydrogen-bond donors (Lipinski definition) is 1. The molecule has 30 heavy (non-hydrogen) atoms. The van der Waals surface area contributed by atoms with E-state index in [1.165, 1.54) is 18.4 Å². The lowest BCUT2D eigenvalue weighted by Crippen LogP contribution is -2.59. The van der Waals surface area contributed by atoms with E-state index >= 15 is 0 Å². The molecule has 1 aromatic rings. The second kappa shape index (κ2) is 10.9. The molecule has 1 aliphatic carbocycles. The van der Waals surface area contributed by atoms with Crippen LogP contribution in [0.5, 0.6) is 0 Å². The number of rotatable bonds is 8. The van der Waals surface area contributed by atoms with Crippen molar-refractivity contribution in [1.29, 1.82) is 0 Å². The van der Waals surface area contributed by atoms with E-state index in [1.54, 1.807) is 0 Å². The Morgan fingerprint density at radius 1 is 1.00 bits per heavy atom. The molecule has 2 aliphatic rings. The van der Waals surface area contributed by atoms with E-state index in [0.29, 0.717) is 5.92 Å². The molecule has 2 amide bonds. The van der Waals surface area contributed by atoms with Crippen molar-refractivity contribution in [2.24, 2.45) is 11.8 Å². The molecular weight excluding hydrogens is 374 g/mol. The predicted octanol–water partition coefficient (Wildman–Crippen LogP) is 3.48. The molecule has 1 aromatic carbocycles. The van der Waals surface area contributed by atoms with Crippen LogP contribution in [0.1, 0.15) is 58.4 Å². The molecule has 1 aliphatic heterocycles. The Hall–Kier alpha value is -1.88. The zero-order valence-electron chi connectivity index (χ0n) is 19.0. The normalized spacial score (nSPS) is 20.3. The van der Waals surface area contributed by atoms with Gasteiger partial charge in [-0.1, -0.05) is 57.0 Å². The summed E-state index contributed by atoms with van der Waals surface area (Å²) in [6.45, 7) is 9.09. The van der Waals surface area contributed by atoms with Gasteiger partial charge in [0.05, 0.1) is 6.04 Å². The Morgan fingerprint density at radius 3 is 2.23 bits per heavy atom. The molecule has 5 heteroatoms. The molecule has 166 valence electrons. The number of nitrogens with one attached hydrogen (secondary N) is 1. The van der Waals surface area contributed by atoms with Crippen molar-refractivity contribution in [3.05, 3.63) is 35.9 Å². The van der Waals surface area contributed by atoms with Crippen LogP contribution in [-0.4, -0.2) is 59.9 Å². The summed E-state index contributed by atoms with van der Waals surface area (Å²) in [7, 11) is 0. The van der Waals surface area contributed by atoms with Crippen LogP contribution in [0, 0.1) is 11.8 Å². The summed E-state index contributed by atoms with van der Waals surface area (Å²) in [6, 6.07) is 10.6. The standard InChI is InChI=1S/C25H39N3O2/c1-19(2)25(30)28-17-15-27(16-18-28)23(22-11-7-8-12-22)24(29)26-20(3)13-14-21-9-5-4-6-10-21/h4-6,9-10,19-20,22-23H,7-8,11-18H2,1-3H3,(H,26,29). The molecule has 5 nitrogen and oxygen atoms in total. The van der Waals surface area contributed by atoms with E-state index in [1.807, 2.05) is 24.8 Å². The van der Waals surface area contributed by atoms with Crippen LogP contribution in [0.2, 0.25) is 0 Å². The fourth-order valence-electron chi connectivity index (χ4n) is 4.97. The molecule has 1 saturated heterocycles. The van der Waals surface area contributed by atoms with Gasteiger partial charge in [-0.3, -0.25) is 14.5 Å². The summed E-state index contributed by atoms with van der Waals surface area (Å²) in [5.74, 6) is 0.895. The van der Waals surface area contributed by atoms with Gasteiger partial charge in [-0.2, -0.15) is 0 Å². The number of amides is 2. The van der Waals surface area contributed by atoms with E-state index in [9.17, 15) is 9.59 Å². The fourth-order valence-corrected chi connectivity index (χ4v) is 4.97. The highest BCUT2D eigenvalue weighted by atomic mass is 16.2. The third-order valence-corrected chi connectivity index (χ3v) is 6.73. The van der Waals surface area contributed by atoms with Gasteiger partial charge in [0, 0.05) is 38.1 Å².